The van der Waals surface area contributed by atoms with Crippen molar-refractivity contribution in [2.24, 2.45) is 5.92 Å². The molecule has 2 amide bonds. The van der Waals surface area contributed by atoms with E-state index >= 15 is 0 Å². The molecule has 0 bridgehead atoms. The van der Waals surface area contributed by atoms with Crippen LogP contribution in [0.25, 0.3) is 6.08 Å². The number of amides is 2. The number of benzene rings is 1. The third-order valence-electron chi connectivity index (χ3n) is 5.93. The van der Waals surface area contributed by atoms with E-state index in [0.29, 0.717) is 43.2 Å². The number of hydrogen-bond donors (Lipinski definition) is 0. The van der Waals surface area contributed by atoms with E-state index in [1.165, 1.54) is 17.8 Å². The van der Waals surface area contributed by atoms with E-state index in [9.17, 15) is 14.0 Å². The minimum absolute atomic E-state index is 0.0349. The van der Waals surface area contributed by atoms with Crippen molar-refractivity contribution in [3.05, 3.63) is 40.6 Å². The summed E-state index contributed by atoms with van der Waals surface area (Å²) in [6, 6.07) is 6.53. The second-order valence-corrected chi connectivity index (χ2v) is 8.90. The number of morpholine rings is 1. The Morgan fingerprint density at radius 2 is 2.00 bits per heavy atom. The molecule has 3 unspecified atom stereocenters. The SMILES string of the molecule is CN1C(=O)/C(=C/c2ccccc2F)SC2CCC(C(=O)N3CCOCC3)CC21. The number of nitrogens with zero attached hydrogens (tertiary/aromatic N) is 2. The highest BCUT2D eigenvalue weighted by atomic mass is 32.2. The molecule has 4 rings (SSSR count). The van der Waals surface area contributed by atoms with Gasteiger partial charge < -0.3 is 14.5 Å². The van der Waals surface area contributed by atoms with Crippen LogP contribution < -0.4 is 0 Å². The van der Waals surface area contributed by atoms with E-state index in [1.807, 2.05) is 4.90 Å². The number of halogens is 1. The molecule has 2 heterocycles. The number of thioether (sulfide) groups is 1. The first-order valence-corrected chi connectivity index (χ1v) is 10.7. The third kappa shape index (κ3) is 3.82. The molecule has 1 aromatic carbocycles. The molecule has 3 aliphatic rings. The lowest BCUT2D eigenvalue weighted by molar-refractivity contribution is -0.142. The first kappa shape index (κ1) is 19.5. The molecule has 0 aromatic heterocycles. The van der Waals surface area contributed by atoms with Gasteiger partial charge in [0, 0.05) is 42.9 Å². The molecular formula is C21H25FN2O3S. The van der Waals surface area contributed by atoms with Crippen molar-refractivity contribution in [1.82, 2.24) is 9.80 Å². The molecule has 150 valence electrons. The van der Waals surface area contributed by atoms with Gasteiger partial charge in [-0.15, -0.1) is 11.8 Å². The van der Waals surface area contributed by atoms with Crippen molar-refractivity contribution in [3.63, 3.8) is 0 Å². The van der Waals surface area contributed by atoms with Gasteiger partial charge in [-0.3, -0.25) is 9.59 Å². The molecular weight excluding hydrogens is 379 g/mol. The van der Waals surface area contributed by atoms with Gasteiger partial charge in [-0.25, -0.2) is 4.39 Å². The molecule has 7 heteroatoms. The van der Waals surface area contributed by atoms with Crippen molar-refractivity contribution in [3.8, 4) is 0 Å². The summed E-state index contributed by atoms with van der Waals surface area (Å²) in [5, 5.41) is 0.245. The standard InChI is InChI=1S/C21H25FN2O3S/c1-23-17-12-15(20(25)24-8-10-27-11-9-24)6-7-18(17)28-19(21(23)26)13-14-4-2-3-5-16(14)22/h2-5,13,15,17-18H,6-12H2,1H3/b19-13-. The van der Waals surface area contributed by atoms with Gasteiger partial charge in [-0.1, -0.05) is 18.2 Å². The molecule has 0 spiro atoms. The van der Waals surface area contributed by atoms with Crippen molar-refractivity contribution in [2.75, 3.05) is 33.4 Å². The van der Waals surface area contributed by atoms with E-state index in [1.54, 1.807) is 36.2 Å². The van der Waals surface area contributed by atoms with Gasteiger partial charge in [0.2, 0.25) is 5.91 Å². The van der Waals surface area contributed by atoms with E-state index in [4.69, 9.17) is 4.74 Å². The van der Waals surface area contributed by atoms with Gasteiger partial charge in [-0.05, 0) is 31.4 Å². The smallest absolute Gasteiger partial charge is 0.260 e. The molecule has 0 N–H and O–H groups in total. The monoisotopic (exact) mass is 404 g/mol. The van der Waals surface area contributed by atoms with Crippen LogP contribution in [-0.4, -0.2) is 66.3 Å². The second-order valence-electron chi connectivity index (χ2n) is 7.62. The first-order valence-electron chi connectivity index (χ1n) is 9.81. The lowest BCUT2D eigenvalue weighted by Gasteiger charge is -2.45. The number of carbonyl (C=O) groups is 2. The van der Waals surface area contributed by atoms with Crippen LogP contribution in [0.1, 0.15) is 24.8 Å². The molecule has 2 aliphatic heterocycles. The number of fused-ring (bicyclic) bond motifs is 1. The Kier molecular flexibility index (Phi) is 5.73. The average molecular weight is 405 g/mol. The quantitative estimate of drug-likeness (QED) is 0.712. The van der Waals surface area contributed by atoms with Gasteiger partial charge in [0.15, 0.2) is 0 Å². The van der Waals surface area contributed by atoms with E-state index < -0.39 is 0 Å². The molecule has 2 saturated heterocycles. The van der Waals surface area contributed by atoms with Crippen LogP contribution in [0.15, 0.2) is 29.2 Å². The van der Waals surface area contributed by atoms with Crippen molar-refractivity contribution in [1.29, 1.82) is 0 Å². The summed E-state index contributed by atoms with van der Waals surface area (Å²) in [6.07, 6.45) is 4.06. The molecule has 0 radical (unpaired) electrons. The van der Waals surface area contributed by atoms with Crippen LogP contribution in [0.3, 0.4) is 0 Å². The van der Waals surface area contributed by atoms with E-state index in [0.717, 1.165) is 12.8 Å². The molecule has 3 atom stereocenters. The average Bonchev–Trinajstić information content (AvgIpc) is 2.73. The molecule has 3 fully saturated rings. The molecule has 28 heavy (non-hydrogen) atoms. The maximum Gasteiger partial charge on any atom is 0.260 e. The predicted molar refractivity (Wildman–Crippen MR) is 107 cm³/mol. The Morgan fingerprint density at radius 3 is 2.75 bits per heavy atom. The zero-order valence-electron chi connectivity index (χ0n) is 16.0. The summed E-state index contributed by atoms with van der Waals surface area (Å²) in [4.78, 5) is 30.0. The van der Waals surface area contributed by atoms with Crippen LogP contribution in [0.5, 0.6) is 0 Å². The summed E-state index contributed by atoms with van der Waals surface area (Å²) >= 11 is 1.54. The van der Waals surface area contributed by atoms with E-state index in [-0.39, 0.29) is 34.8 Å². The highest BCUT2D eigenvalue weighted by Crippen LogP contribution is 2.43. The maximum atomic E-state index is 14.0. The fraction of sp³-hybridized carbons (Fsp3) is 0.524. The predicted octanol–water partition coefficient (Wildman–Crippen LogP) is 2.77. The fourth-order valence-electron chi connectivity index (χ4n) is 4.30. The van der Waals surface area contributed by atoms with Crippen LogP contribution in [-0.2, 0) is 14.3 Å². The number of ether oxygens (including phenoxy) is 1. The summed E-state index contributed by atoms with van der Waals surface area (Å²) in [6.45, 7) is 2.51. The summed E-state index contributed by atoms with van der Waals surface area (Å²) in [5.74, 6) is -0.255. The third-order valence-corrected chi connectivity index (χ3v) is 7.32. The summed E-state index contributed by atoms with van der Waals surface area (Å²) in [7, 11) is 1.80. The first-order chi connectivity index (χ1) is 13.5. The molecule has 1 saturated carbocycles. The highest BCUT2D eigenvalue weighted by Gasteiger charge is 2.43. The number of carbonyl (C=O) groups excluding carboxylic acids is 2. The van der Waals surface area contributed by atoms with Gasteiger partial charge in [0.25, 0.3) is 5.91 Å². The zero-order chi connectivity index (χ0) is 19.7. The maximum absolute atomic E-state index is 14.0. The lowest BCUT2D eigenvalue weighted by Crippen LogP contribution is -2.53. The minimum Gasteiger partial charge on any atom is -0.378 e. The Balaban J connectivity index is 1.47. The summed E-state index contributed by atoms with van der Waals surface area (Å²) < 4.78 is 19.3. The van der Waals surface area contributed by atoms with Gasteiger partial charge >= 0.3 is 0 Å². The van der Waals surface area contributed by atoms with Gasteiger partial charge in [0.05, 0.1) is 18.1 Å². The molecule has 5 nitrogen and oxygen atoms in total. The Bertz CT molecular complexity index is 794. The highest BCUT2D eigenvalue weighted by molar-refractivity contribution is 8.04. The van der Waals surface area contributed by atoms with Crippen molar-refractivity contribution in [2.45, 2.75) is 30.6 Å². The largest absolute Gasteiger partial charge is 0.378 e. The zero-order valence-corrected chi connectivity index (χ0v) is 16.8. The Labute approximate surface area is 168 Å². The lowest BCUT2D eigenvalue weighted by atomic mass is 9.83. The van der Waals surface area contributed by atoms with Crippen LogP contribution in [0, 0.1) is 11.7 Å². The number of hydrogen-bond acceptors (Lipinski definition) is 4. The van der Waals surface area contributed by atoms with Crippen LogP contribution in [0.2, 0.25) is 0 Å². The Hall–Kier alpha value is -1.86. The topological polar surface area (TPSA) is 49.9 Å². The van der Waals surface area contributed by atoms with Crippen LogP contribution >= 0.6 is 11.8 Å². The van der Waals surface area contributed by atoms with Gasteiger partial charge in [-0.2, -0.15) is 0 Å². The fourth-order valence-corrected chi connectivity index (χ4v) is 5.77. The van der Waals surface area contributed by atoms with Crippen molar-refractivity contribution < 1.29 is 18.7 Å². The molecule has 1 aromatic rings. The summed E-state index contributed by atoms with van der Waals surface area (Å²) in [5.41, 5.74) is 0.432. The van der Waals surface area contributed by atoms with Crippen LogP contribution in [0.4, 0.5) is 4.39 Å². The number of likely N-dealkylation sites (N-methyl/N-ethyl adjacent to an activating group) is 1. The van der Waals surface area contributed by atoms with Gasteiger partial charge in [0.1, 0.15) is 5.82 Å². The number of rotatable bonds is 2. The normalized spacial score (nSPS) is 29.7. The minimum atomic E-state index is -0.326. The molecule has 1 aliphatic carbocycles. The Morgan fingerprint density at radius 1 is 1.25 bits per heavy atom. The van der Waals surface area contributed by atoms with E-state index in [2.05, 4.69) is 0 Å². The second kappa shape index (κ2) is 8.25. The van der Waals surface area contributed by atoms with Crippen molar-refractivity contribution >= 4 is 29.7 Å².